The van der Waals surface area contributed by atoms with Gasteiger partial charge in [-0.3, -0.25) is 9.10 Å². The van der Waals surface area contributed by atoms with E-state index in [-0.39, 0.29) is 18.9 Å². The SMILES string of the molecule is CS(=O)(=O)N(CCCC(=O)NCc1ccccc1)c1ccc(F)cc1. The number of sulfonamides is 1. The molecule has 0 aliphatic rings. The maximum atomic E-state index is 13.0. The van der Waals surface area contributed by atoms with Gasteiger partial charge in [-0.25, -0.2) is 12.8 Å². The Morgan fingerprint density at radius 3 is 2.32 bits per heavy atom. The van der Waals surface area contributed by atoms with Crippen molar-refractivity contribution in [1.29, 1.82) is 0 Å². The predicted octanol–water partition coefficient (Wildman–Crippen LogP) is 2.69. The van der Waals surface area contributed by atoms with Crippen molar-refractivity contribution >= 4 is 21.6 Å². The third kappa shape index (κ3) is 6.19. The van der Waals surface area contributed by atoms with Gasteiger partial charge in [0.2, 0.25) is 15.9 Å². The average molecular weight is 364 g/mol. The van der Waals surface area contributed by atoms with Crippen LogP contribution in [-0.2, 0) is 21.4 Å². The summed E-state index contributed by atoms with van der Waals surface area (Å²) in [6.07, 6.45) is 1.66. The van der Waals surface area contributed by atoms with E-state index in [0.29, 0.717) is 18.7 Å². The Morgan fingerprint density at radius 1 is 1.08 bits per heavy atom. The fraction of sp³-hybridized carbons (Fsp3) is 0.278. The predicted molar refractivity (Wildman–Crippen MR) is 96.1 cm³/mol. The Kier molecular flexibility index (Phi) is 6.52. The minimum absolute atomic E-state index is 0.142. The summed E-state index contributed by atoms with van der Waals surface area (Å²) < 4.78 is 38.1. The highest BCUT2D eigenvalue weighted by molar-refractivity contribution is 7.92. The van der Waals surface area contributed by atoms with Crippen LogP contribution in [0.1, 0.15) is 18.4 Å². The molecule has 134 valence electrons. The molecule has 1 amide bonds. The average Bonchev–Trinajstić information content (AvgIpc) is 2.58. The molecule has 0 aliphatic heterocycles. The second-order valence-corrected chi connectivity index (χ2v) is 7.58. The second kappa shape index (κ2) is 8.62. The summed E-state index contributed by atoms with van der Waals surface area (Å²) in [7, 11) is -3.50. The first-order chi connectivity index (χ1) is 11.9. The monoisotopic (exact) mass is 364 g/mol. The van der Waals surface area contributed by atoms with Gasteiger partial charge in [0.25, 0.3) is 0 Å². The molecule has 0 radical (unpaired) electrons. The largest absolute Gasteiger partial charge is 0.352 e. The van der Waals surface area contributed by atoms with Crippen LogP contribution in [0.3, 0.4) is 0 Å². The maximum absolute atomic E-state index is 13.0. The Morgan fingerprint density at radius 2 is 1.72 bits per heavy atom. The number of benzene rings is 2. The van der Waals surface area contributed by atoms with Crippen LogP contribution in [0.15, 0.2) is 54.6 Å². The molecule has 5 nitrogen and oxygen atoms in total. The van der Waals surface area contributed by atoms with Gasteiger partial charge in [-0.05, 0) is 36.2 Å². The molecule has 0 bridgehead atoms. The first-order valence-electron chi connectivity index (χ1n) is 7.90. The zero-order valence-electron chi connectivity index (χ0n) is 14.0. The van der Waals surface area contributed by atoms with E-state index in [4.69, 9.17) is 0 Å². The Labute approximate surface area is 147 Å². The minimum atomic E-state index is -3.50. The van der Waals surface area contributed by atoms with E-state index in [1.807, 2.05) is 30.3 Å². The molecule has 0 fully saturated rings. The quantitative estimate of drug-likeness (QED) is 0.783. The molecule has 0 aliphatic carbocycles. The number of nitrogens with one attached hydrogen (secondary N) is 1. The van der Waals surface area contributed by atoms with Crippen LogP contribution in [0.2, 0.25) is 0 Å². The molecule has 0 unspecified atom stereocenters. The van der Waals surface area contributed by atoms with Gasteiger partial charge in [0, 0.05) is 19.5 Å². The molecule has 0 saturated carbocycles. The maximum Gasteiger partial charge on any atom is 0.232 e. The summed E-state index contributed by atoms with van der Waals surface area (Å²) in [4.78, 5) is 11.9. The number of hydrogen-bond donors (Lipinski definition) is 1. The summed E-state index contributed by atoms with van der Waals surface area (Å²) >= 11 is 0. The molecule has 1 N–H and O–H groups in total. The molecular weight excluding hydrogens is 343 g/mol. The van der Waals surface area contributed by atoms with Crippen LogP contribution >= 0.6 is 0 Å². The highest BCUT2D eigenvalue weighted by Crippen LogP contribution is 2.18. The van der Waals surface area contributed by atoms with Crippen molar-refractivity contribution in [3.63, 3.8) is 0 Å². The Hall–Kier alpha value is -2.41. The molecule has 0 heterocycles. The van der Waals surface area contributed by atoms with E-state index in [1.165, 1.54) is 28.6 Å². The number of rotatable bonds is 8. The fourth-order valence-corrected chi connectivity index (χ4v) is 3.33. The smallest absolute Gasteiger partial charge is 0.232 e. The van der Waals surface area contributed by atoms with Crippen LogP contribution in [0, 0.1) is 5.82 Å². The van der Waals surface area contributed by atoms with Gasteiger partial charge in [0.15, 0.2) is 0 Å². The molecule has 25 heavy (non-hydrogen) atoms. The van der Waals surface area contributed by atoms with E-state index in [0.717, 1.165) is 11.8 Å². The lowest BCUT2D eigenvalue weighted by Gasteiger charge is -2.22. The Balaban J connectivity index is 1.86. The molecule has 2 aromatic carbocycles. The van der Waals surface area contributed by atoms with Crippen LogP contribution < -0.4 is 9.62 Å². The fourth-order valence-electron chi connectivity index (χ4n) is 2.36. The summed E-state index contributed by atoms with van der Waals surface area (Å²) in [6.45, 7) is 0.594. The van der Waals surface area contributed by atoms with Crippen molar-refractivity contribution in [1.82, 2.24) is 5.32 Å². The second-order valence-electron chi connectivity index (χ2n) is 5.68. The summed E-state index contributed by atoms with van der Waals surface area (Å²) in [5, 5.41) is 2.80. The van der Waals surface area contributed by atoms with Crippen LogP contribution in [0.5, 0.6) is 0 Å². The molecular formula is C18H21FN2O3S. The van der Waals surface area contributed by atoms with E-state index in [2.05, 4.69) is 5.32 Å². The van der Waals surface area contributed by atoms with Gasteiger partial charge in [0.1, 0.15) is 5.82 Å². The van der Waals surface area contributed by atoms with Gasteiger partial charge in [-0.1, -0.05) is 30.3 Å². The summed E-state index contributed by atoms with van der Waals surface area (Å²) in [5.74, 6) is -0.575. The standard InChI is InChI=1S/C18H21FN2O3S/c1-25(23,24)21(17-11-9-16(19)10-12-17)13-5-8-18(22)20-14-15-6-3-2-4-7-15/h2-4,6-7,9-12H,5,8,13-14H2,1H3,(H,20,22). The number of halogens is 1. The summed E-state index contributed by atoms with van der Waals surface area (Å²) in [6, 6.07) is 14.8. The van der Waals surface area contributed by atoms with Gasteiger partial charge in [0.05, 0.1) is 11.9 Å². The van der Waals surface area contributed by atoms with Crippen LogP contribution in [-0.4, -0.2) is 27.1 Å². The van der Waals surface area contributed by atoms with Crippen molar-refractivity contribution in [2.45, 2.75) is 19.4 Å². The van der Waals surface area contributed by atoms with Gasteiger partial charge in [-0.15, -0.1) is 0 Å². The number of amides is 1. The lowest BCUT2D eigenvalue weighted by Crippen LogP contribution is -2.32. The van der Waals surface area contributed by atoms with E-state index >= 15 is 0 Å². The molecule has 0 spiro atoms. The van der Waals surface area contributed by atoms with Gasteiger partial charge >= 0.3 is 0 Å². The van der Waals surface area contributed by atoms with E-state index in [9.17, 15) is 17.6 Å². The third-order valence-electron chi connectivity index (χ3n) is 3.61. The van der Waals surface area contributed by atoms with Crippen LogP contribution in [0.4, 0.5) is 10.1 Å². The van der Waals surface area contributed by atoms with Gasteiger partial charge < -0.3 is 5.32 Å². The lowest BCUT2D eigenvalue weighted by atomic mass is 10.2. The topological polar surface area (TPSA) is 66.5 Å². The van der Waals surface area contributed by atoms with E-state index < -0.39 is 15.8 Å². The van der Waals surface area contributed by atoms with Crippen molar-refractivity contribution in [2.24, 2.45) is 0 Å². The van der Waals surface area contributed by atoms with Crippen molar-refractivity contribution in [2.75, 3.05) is 17.1 Å². The molecule has 7 heteroatoms. The summed E-state index contributed by atoms with van der Waals surface area (Å²) in [5.41, 5.74) is 1.38. The van der Waals surface area contributed by atoms with Crippen molar-refractivity contribution < 1.29 is 17.6 Å². The number of carbonyl (C=O) groups is 1. The van der Waals surface area contributed by atoms with Gasteiger partial charge in [-0.2, -0.15) is 0 Å². The highest BCUT2D eigenvalue weighted by atomic mass is 32.2. The Bertz CT molecular complexity index is 793. The first-order valence-corrected chi connectivity index (χ1v) is 9.75. The van der Waals surface area contributed by atoms with Crippen LogP contribution in [0.25, 0.3) is 0 Å². The van der Waals surface area contributed by atoms with Crippen molar-refractivity contribution in [3.05, 3.63) is 66.0 Å². The first kappa shape index (κ1) is 18.9. The highest BCUT2D eigenvalue weighted by Gasteiger charge is 2.17. The molecule has 0 aromatic heterocycles. The normalized spacial score (nSPS) is 11.1. The molecule has 0 atom stereocenters. The molecule has 0 saturated heterocycles. The lowest BCUT2D eigenvalue weighted by molar-refractivity contribution is -0.121. The molecule has 2 aromatic rings. The number of nitrogens with zero attached hydrogens (tertiary/aromatic N) is 1. The third-order valence-corrected chi connectivity index (χ3v) is 4.81. The zero-order chi connectivity index (χ0) is 18.3. The van der Waals surface area contributed by atoms with Crippen molar-refractivity contribution in [3.8, 4) is 0 Å². The number of carbonyl (C=O) groups excluding carboxylic acids is 1. The molecule has 2 rings (SSSR count). The van der Waals surface area contributed by atoms with E-state index in [1.54, 1.807) is 0 Å². The number of hydrogen-bond acceptors (Lipinski definition) is 3. The minimum Gasteiger partial charge on any atom is -0.352 e. The zero-order valence-corrected chi connectivity index (χ0v) is 14.8. The number of anilines is 1.